The second-order valence-corrected chi connectivity index (χ2v) is 6.61. The van der Waals surface area contributed by atoms with E-state index in [4.69, 9.17) is 5.11 Å². The van der Waals surface area contributed by atoms with Gasteiger partial charge in [0.05, 0.1) is 5.56 Å². The predicted molar refractivity (Wildman–Crippen MR) is 87.1 cm³/mol. The van der Waals surface area contributed by atoms with Crippen molar-refractivity contribution in [2.45, 2.75) is 44.7 Å². The summed E-state index contributed by atoms with van der Waals surface area (Å²) in [7, 11) is 0. The molecular formula is C18H26N2O2. The number of hydrogen-bond acceptors (Lipinski definition) is 3. The Bertz CT molecular complexity index is 494. The van der Waals surface area contributed by atoms with E-state index in [0.717, 1.165) is 25.7 Å². The van der Waals surface area contributed by atoms with Crippen molar-refractivity contribution in [3.63, 3.8) is 0 Å². The molecule has 1 aliphatic carbocycles. The molecule has 2 fully saturated rings. The number of rotatable bonds is 4. The van der Waals surface area contributed by atoms with Crippen LogP contribution in [0, 0.1) is 0 Å². The lowest BCUT2D eigenvalue weighted by Gasteiger charge is -2.27. The van der Waals surface area contributed by atoms with E-state index in [1.165, 1.54) is 50.8 Å². The van der Waals surface area contributed by atoms with Crippen molar-refractivity contribution in [1.29, 1.82) is 0 Å². The maximum Gasteiger partial charge on any atom is 0.335 e. The van der Waals surface area contributed by atoms with Crippen LogP contribution in [0.25, 0.3) is 0 Å². The van der Waals surface area contributed by atoms with E-state index in [1.807, 2.05) is 12.1 Å². The lowest BCUT2D eigenvalue weighted by Crippen LogP contribution is -2.36. The first-order chi connectivity index (χ1) is 10.7. The monoisotopic (exact) mass is 302 g/mol. The smallest absolute Gasteiger partial charge is 0.335 e. The number of carbonyl (C=O) groups is 1. The van der Waals surface area contributed by atoms with Gasteiger partial charge in [0, 0.05) is 25.7 Å². The van der Waals surface area contributed by atoms with Crippen molar-refractivity contribution in [2.24, 2.45) is 0 Å². The normalized spacial score (nSPS) is 21.8. The van der Waals surface area contributed by atoms with E-state index < -0.39 is 5.97 Å². The first kappa shape index (κ1) is 15.5. The Hall–Kier alpha value is -1.39. The zero-order valence-electron chi connectivity index (χ0n) is 13.2. The standard InChI is InChI=1S/C18H26N2O2/c21-18(22)16-8-6-15(7-9-16)14-19-10-3-11-20(13-12-19)17-4-1-2-5-17/h6-9,17H,1-5,10-14H2,(H,21,22). The minimum Gasteiger partial charge on any atom is -0.478 e. The van der Waals surface area contributed by atoms with Gasteiger partial charge in [0.25, 0.3) is 0 Å². The van der Waals surface area contributed by atoms with Crippen LogP contribution >= 0.6 is 0 Å². The summed E-state index contributed by atoms with van der Waals surface area (Å²) < 4.78 is 0. The Kier molecular flexibility index (Phi) is 5.11. The van der Waals surface area contributed by atoms with Gasteiger partial charge in [-0.2, -0.15) is 0 Å². The zero-order valence-corrected chi connectivity index (χ0v) is 13.2. The van der Waals surface area contributed by atoms with Crippen molar-refractivity contribution in [3.05, 3.63) is 35.4 Å². The molecule has 1 N–H and O–H groups in total. The third-order valence-corrected chi connectivity index (χ3v) is 5.07. The highest BCUT2D eigenvalue weighted by Crippen LogP contribution is 2.24. The van der Waals surface area contributed by atoms with Gasteiger partial charge in [-0.1, -0.05) is 25.0 Å². The molecule has 0 spiro atoms. The van der Waals surface area contributed by atoms with Crippen molar-refractivity contribution in [1.82, 2.24) is 9.80 Å². The molecule has 22 heavy (non-hydrogen) atoms. The van der Waals surface area contributed by atoms with Crippen LogP contribution in [-0.4, -0.2) is 53.1 Å². The van der Waals surface area contributed by atoms with Gasteiger partial charge in [-0.05, 0) is 50.0 Å². The first-order valence-corrected chi connectivity index (χ1v) is 8.51. The fourth-order valence-electron chi connectivity index (χ4n) is 3.79. The van der Waals surface area contributed by atoms with Gasteiger partial charge in [0.15, 0.2) is 0 Å². The van der Waals surface area contributed by atoms with Crippen molar-refractivity contribution in [3.8, 4) is 0 Å². The van der Waals surface area contributed by atoms with Crippen LogP contribution in [0.5, 0.6) is 0 Å². The molecule has 4 nitrogen and oxygen atoms in total. The molecule has 0 atom stereocenters. The van der Waals surface area contributed by atoms with Gasteiger partial charge in [-0.3, -0.25) is 9.80 Å². The number of nitrogens with zero attached hydrogens (tertiary/aromatic N) is 2. The summed E-state index contributed by atoms with van der Waals surface area (Å²) in [6.07, 6.45) is 6.82. The molecule has 2 aliphatic rings. The number of benzene rings is 1. The summed E-state index contributed by atoms with van der Waals surface area (Å²) in [4.78, 5) is 16.1. The average molecular weight is 302 g/mol. The minimum absolute atomic E-state index is 0.368. The first-order valence-electron chi connectivity index (χ1n) is 8.51. The highest BCUT2D eigenvalue weighted by atomic mass is 16.4. The molecule has 0 radical (unpaired) electrons. The molecular weight excluding hydrogens is 276 g/mol. The van der Waals surface area contributed by atoms with Gasteiger partial charge in [0.1, 0.15) is 0 Å². The Morgan fingerprint density at radius 1 is 1.00 bits per heavy atom. The van der Waals surface area contributed by atoms with Crippen LogP contribution in [0.2, 0.25) is 0 Å². The van der Waals surface area contributed by atoms with Crippen LogP contribution < -0.4 is 0 Å². The summed E-state index contributed by atoms with van der Waals surface area (Å²) >= 11 is 0. The van der Waals surface area contributed by atoms with Crippen molar-refractivity contribution in [2.75, 3.05) is 26.2 Å². The maximum absolute atomic E-state index is 10.9. The van der Waals surface area contributed by atoms with Crippen LogP contribution in [-0.2, 0) is 6.54 Å². The van der Waals surface area contributed by atoms with E-state index in [0.29, 0.717) is 5.56 Å². The number of carboxylic acids is 1. The number of aromatic carboxylic acids is 1. The molecule has 120 valence electrons. The lowest BCUT2D eigenvalue weighted by molar-refractivity contribution is 0.0697. The second-order valence-electron chi connectivity index (χ2n) is 6.61. The van der Waals surface area contributed by atoms with Crippen LogP contribution in [0.4, 0.5) is 0 Å². The largest absolute Gasteiger partial charge is 0.478 e. The molecule has 0 aromatic heterocycles. The molecule has 1 saturated carbocycles. The Morgan fingerprint density at radius 3 is 2.41 bits per heavy atom. The molecule has 4 heteroatoms. The Labute approximate surface area is 132 Å². The summed E-state index contributed by atoms with van der Waals surface area (Å²) in [5.74, 6) is -0.853. The van der Waals surface area contributed by atoms with Gasteiger partial charge in [-0.25, -0.2) is 4.79 Å². The van der Waals surface area contributed by atoms with Gasteiger partial charge < -0.3 is 5.11 Å². The highest BCUT2D eigenvalue weighted by Gasteiger charge is 2.24. The summed E-state index contributed by atoms with van der Waals surface area (Å²) in [5.41, 5.74) is 1.58. The van der Waals surface area contributed by atoms with E-state index in [9.17, 15) is 4.79 Å². The highest BCUT2D eigenvalue weighted by molar-refractivity contribution is 5.87. The third-order valence-electron chi connectivity index (χ3n) is 5.07. The molecule has 1 aliphatic heterocycles. The van der Waals surface area contributed by atoms with Gasteiger partial charge in [-0.15, -0.1) is 0 Å². The van der Waals surface area contributed by atoms with Gasteiger partial charge >= 0.3 is 5.97 Å². The van der Waals surface area contributed by atoms with E-state index in [2.05, 4.69) is 9.80 Å². The molecule has 3 rings (SSSR count). The number of hydrogen-bond donors (Lipinski definition) is 1. The molecule has 0 amide bonds. The summed E-state index contributed by atoms with van der Waals surface area (Å²) in [5, 5.41) is 8.95. The molecule has 1 aromatic carbocycles. The van der Waals surface area contributed by atoms with Gasteiger partial charge in [0.2, 0.25) is 0 Å². The fraction of sp³-hybridized carbons (Fsp3) is 0.611. The van der Waals surface area contributed by atoms with Crippen molar-refractivity contribution >= 4 is 5.97 Å². The second kappa shape index (κ2) is 7.25. The molecule has 1 aromatic rings. The quantitative estimate of drug-likeness (QED) is 0.929. The predicted octanol–water partition coefficient (Wildman–Crippen LogP) is 2.84. The Morgan fingerprint density at radius 2 is 1.73 bits per heavy atom. The molecule has 1 saturated heterocycles. The van der Waals surface area contributed by atoms with Crippen molar-refractivity contribution < 1.29 is 9.90 Å². The molecule has 0 bridgehead atoms. The summed E-state index contributed by atoms with van der Waals surface area (Å²) in [6, 6.07) is 8.14. The van der Waals surface area contributed by atoms with Crippen LogP contribution in [0.1, 0.15) is 48.0 Å². The minimum atomic E-state index is -0.853. The average Bonchev–Trinajstić information content (AvgIpc) is 2.96. The SMILES string of the molecule is O=C(O)c1ccc(CN2CCCN(C3CCCC3)CC2)cc1. The van der Waals surface area contributed by atoms with E-state index >= 15 is 0 Å². The molecule has 1 heterocycles. The van der Waals surface area contributed by atoms with E-state index in [1.54, 1.807) is 12.1 Å². The molecule has 0 unspecified atom stereocenters. The van der Waals surface area contributed by atoms with Crippen LogP contribution in [0.15, 0.2) is 24.3 Å². The Balaban J connectivity index is 1.53. The maximum atomic E-state index is 10.9. The van der Waals surface area contributed by atoms with E-state index in [-0.39, 0.29) is 0 Å². The topological polar surface area (TPSA) is 43.8 Å². The summed E-state index contributed by atoms with van der Waals surface area (Å²) in [6.45, 7) is 5.61. The zero-order chi connectivity index (χ0) is 15.4. The third kappa shape index (κ3) is 3.87. The van der Waals surface area contributed by atoms with Crippen LogP contribution in [0.3, 0.4) is 0 Å². The lowest BCUT2D eigenvalue weighted by atomic mass is 10.1. The number of carboxylic acid groups (broad SMARTS) is 1. The fourth-order valence-corrected chi connectivity index (χ4v) is 3.79.